The first kappa shape index (κ1) is 14.4. The second-order valence-electron chi connectivity index (χ2n) is 3.80. The lowest BCUT2D eigenvalue weighted by atomic mass is 10.2. The van der Waals surface area contributed by atoms with E-state index in [1.807, 2.05) is 0 Å². The van der Waals surface area contributed by atoms with E-state index in [4.69, 9.17) is 33.0 Å². The Bertz CT molecular complexity index is 671. The topological polar surface area (TPSA) is 59.4 Å². The molecule has 0 aliphatic rings. The first-order chi connectivity index (χ1) is 9.54. The number of halogens is 2. The van der Waals surface area contributed by atoms with Crippen molar-refractivity contribution in [1.29, 1.82) is 0 Å². The van der Waals surface area contributed by atoms with E-state index in [1.165, 1.54) is 18.5 Å². The molecule has 0 atom stereocenters. The van der Waals surface area contributed by atoms with Crippen molar-refractivity contribution in [2.24, 2.45) is 0 Å². The first-order valence-corrected chi connectivity index (χ1v) is 6.29. The highest BCUT2D eigenvalue weighted by atomic mass is 35.5. The standard InChI is InChI=1S/C14H9Cl2NO3/c15-10-2-3-13(12(16)6-10)20-11-5-9(7-17-8-11)1-4-14(18)19/h1-8H,(H,18,19)/b4-1+. The maximum absolute atomic E-state index is 10.5. The summed E-state index contributed by atoms with van der Waals surface area (Å²) in [4.78, 5) is 14.4. The van der Waals surface area contributed by atoms with Gasteiger partial charge in [-0.2, -0.15) is 0 Å². The molecule has 2 aromatic rings. The number of pyridine rings is 1. The Balaban J connectivity index is 2.21. The quantitative estimate of drug-likeness (QED) is 0.856. The number of aromatic nitrogens is 1. The van der Waals surface area contributed by atoms with E-state index in [1.54, 1.807) is 24.3 Å². The molecule has 0 saturated carbocycles. The van der Waals surface area contributed by atoms with Gasteiger partial charge in [-0.05, 0) is 35.9 Å². The fraction of sp³-hybridized carbons (Fsp3) is 0. The lowest BCUT2D eigenvalue weighted by Gasteiger charge is -2.07. The zero-order chi connectivity index (χ0) is 14.5. The van der Waals surface area contributed by atoms with Crippen LogP contribution in [0.4, 0.5) is 0 Å². The maximum Gasteiger partial charge on any atom is 0.328 e. The molecule has 0 amide bonds. The van der Waals surface area contributed by atoms with Gasteiger partial charge in [-0.25, -0.2) is 4.79 Å². The third-order valence-corrected chi connectivity index (χ3v) is 2.80. The summed E-state index contributed by atoms with van der Waals surface area (Å²) >= 11 is 11.8. The molecule has 0 aliphatic heterocycles. The van der Waals surface area contributed by atoms with Crippen LogP contribution in [0.3, 0.4) is 0 Å². The Morgan fingerprint density at radius 3 is 2.75 bits per heavy atom. The van der Waals surface area contributed by atoms with Gasteiger partial charge in [0.1, 0.15) is 11.5 Å². The van der Waals surface area contributed by atoms with Crippen LogP contribution >= 0.6 is 23.2 Å². The average molecular weight is 310 g/mol. The zero-order valence-corrected chi connectivity index (χ0v) is 11.6. The summed E-state index contributed by atoms with van der Waals surface area (Å²) in [6, 6.07) is 6.52. The molecular formula is C14H9Cl2NO3. The molecule has 20 heavy (non-hydrogen) atoms. The van der Waals surface area contributed by atoms with E-state index in [0.29, 0.717) is 27.1 Å². The van der Waals surface area contributed by atoms with Crippen molar-refractivity contribution in [3.05, 3.63) is 58.3 Å². The van der Waals surface area contributed by atoms with Gasteiger partial charge in [0.05, 0.1) is 11.2 Å². The highest BCUT2D eigenvalue weighted by Gasteiger charge is 2.04. The second kappa shape index (κ2) is 6.41. The lowest BCUT2D eigenvalue weighted by Crippen LogP contribution is -1.89. The minimum Gasteiger partial charge on any atom is -0.478 e. The normalized spacial score (nSPS) is 10.7. The molecule has 4 nitrogen and oxygen atoms in total. The Morgan fingerprint density at radius 2 is 2.05 bits per heavy atom. The van der Waals surface area contributed by atoms with Gasteiger partial charge in [0.2, 0.25) is 0 Å². The maximum atomic E-state index is 10.5. The van der Waals surface area contributed by atoms with Crippen molar-refractivity contribution in [3.63, 3.8) is 0 Å². The lowest BCUT2D eigenvalue weighted by molar-refractivity contribution is -0.131. The van der Waals surface area contributed by atoms with Gasteiger partial charge in [-0.15, -0.1) is 0 Å². The first-order valence-electron chi connectivity index (χ1n) is 5.53. The Kier molecular flexibility index (Phi) is 4.61. The summed E-state index contributed by atoms with van der Waals surface area (Å²) in [6.07, 6.45) is 5.47. The number of rotatable bonds is 4. The second-order valence-corrected chi connectivity index (χ2v) is 4.65. The number of benzene rings is 1. The van der Waals surface area contributed by atoms with Crippen LogP contribution in [0.1, 0.15) is 5.56 Å². The van der Waals surface area contributed by atoms with Crippen molar-refractivity contribution < 1.29 is 14.6 Å². The molecule has 1 aromatic carbocycles. The van der Waals surface area contributed by atoms with Gasteiger partial charge in [0.15, 0.2) is 0 Å². The molecule has 1 N–H and O–H groups in total. The summed E-state index contributed by atoms with van der Waals surface area (Å²) in [6.45, 7) is 0. The van der Waals surface area contributed by atoms with Crippen molar-refractivity contribution >= 4 is 35.2 Å². The minimum absolute atomic E-state index is 0.379. The van der Waals surface area contributed by atoms with Crippen LogP contribution in [0.5, 0.6) is 11.5 Å². The molecular weight excluding hydrogens is 301 g/mol. The third-order valence-electron chi connectivity index (χ3n) is 2.27. The van der Waals surface area contributed by atoms with Crippen molar-refractivity contribution in [1.82, 2.24) is 4.98 Å². The molecule has 0 unspecified atom stereocenters. The Labute approximate surface area is 125 Å². The third kappa shape index (κ3) is 3.98. The number of ether oxygens (including phenoxy) is 1. The average Bonchev–Trinajstić information content (AvgIpc) is 2.40. The number of carboxylic acids is 1. The fourth-order valence-corrected chi connectivity index (χ4v) is 1.88. The van der Waals surface area contributed by atoms with Gasteiger partial charge >= 0.3 is 5.97 Å². The van der Waals surface area contributed by atoms with Crippen LogP contribution in [-0.2, 0) is 4.79 Å². The van der Waals surface area contributed by atoms with E-state index < -0.39 is 5.97 Å². The van der Waals surface area contributed by atoms with Crippen LogP contribution in [0.25, 0.3) is 6.08 Å². The van der Waals surface area contributed by atoms with E-state index in [2.05, 4.69) is 4.98 Å². The van der Waals surface area contributed by atoms with Gasteiger partial charge in [-0.1, -0.05) is 23.2 Å². The summed E-state index contributed by atoms with van der Waals surface area (Å²) in [5.41, 5.74) is 0.606. The monoisotopic (exact) mass is 309 g/mol. The summed E-state index contributed by atoms with van der Waals surface area (Å²) in [5.74, 6) is -0.143. The fourth-order valence-electron chi connectivity index (χ4n) is 1.44. The Hall–Kier alpha value is -2.04. The van der Waals surface area contributed by atoms with Crippen molar-refractivity contribution in [2.75, 3.05) is 0 Å². The largest absolute Gasteiger partial charge is 0.478 e. The van der Waals surface area contributed by atoms with E-state index in [9.17, 15) is 4.79 Å². The summed E-state index contributed by atoms with van der Waals surface area (Å²) < 4.78 is 5.58. The number of carbonyl (C=O) groups is 1. The predicted octanol–water partition coefficient (Wildman–Crippen LogP) is 4.28. The number of hydrogen-bond acceptors (Lipinski definition) is 3. The van der Waals surface area contributed by atoms with E-state index >= 15 is 0 Å². The number of nitrogens with zero attached hydrogens (tertiary/aromatic N) is 1. The van der Waals surface area contributed by atoms with Crippen molar-refractivity contribution in [2.45, 2.75) is 0 Å². The minimum atomic E-state index is -1.03. The van der Waals surface area contributed by atoms with Crippen LogP contribution < -0.4 is 4.74 Å². The molecule has 0 bridgehead atoms. The number of aliphatic carboxylic acids is 1. The highest BCUT2D eigenvalue weighted by Crippen LogP contribution is 2.31. The summed E-state index contributed by atoms with van der Waals surface area (Å²) in [7, 11) is 0. The summed E-state index contributed by atoms with van der Waals surface area (Å²) in [5, 5.41) is 9.46. The molecule has 2 rings (SSSR count). The molecule has 1 heterocycles. The number of hydrogen-bond donors (Lipinski definition) is 1. The predicted molar refractivity (Wildman–Crippen MR) is 77.4 cm³/mol. The molecule has 0 aliphatic carbocycles. The smallest absolute Gasteiger partial charge is 0.328 e. The van der Waals surface area contributed by atoms with E-state index in [0.717, 1.165) is 6.08 Å². The van der Waals surface area contributed by atoms with Gasteiger partial charge in [0, 0.05) is 17.3 Å². The molecule has 1 aromatic heterocycles. The van der Waals surface area contributed by atoms with Crippen LogP contribution in [0.2, 0.25) is 10.0 Å². The molecule has 0 radical (unpaired) electrons. The highest BCUT2D eigenvalue weighted by molar-refractivity contribution is 6.35. The van der Waals surface area contributed by atoms with Crippen LogP contribution in [-0.4, -0.2) is 16.1 Å². The molecule has 102 valence electrons. The molecule has 6 heteroatoms. The number of carboxylic acid groups (broad SMARTS) is 1. The SMILES string of the molecule is O=C(O)/C=C/c1cncc(Oc2ccc(Cl)cc2Cl)c1. The molecule has 0 spiro atoms. The van der Waals surface area contributed by atoms with Crippen LogP contribution in [0, 0.1) is 0 Å². The van der Waals surface area contributed by atoms with Crippen LogP contribution in [0.15, 0.2) is 42.7 Å². The van der Waals surface area contributed by atoms with Gasteiger partial charge in [0.25, 0.3) is 0 Å². The van der Waals surface area contributed by atoms with E-state index in [-0.39, 0.29) is 0 Å². The molecule has 0 fully saturated rings. The zero-order valence-electron chi connectivity index (χ0n) is 10.1. The molecule has 0 saturated heterocycles. The van der Waals surface area contributed by atoms with Gasteiger partial charge < -0.3 is 9.84 Å². The van der Waals surface area contributed by atoms with Crippen molar-refractivity contribution in [3.8, 4) is 11.5 Å². The van der Waals surface area contributed by atoms with Gasteiger partial charge in [-0.3, -0.25) is 4.98 Å². The Morgan fingerprint density at radius 1 is 1.25 bits per heavy atom.